The lowest BCUT2D eigenvalue weighted by atomic mass is 10.0. The van der Waals surface area contributed by atoms with Gasteiger partial charge >= 0.3 is 0 Å². The summed E-state index contributed by atoms with van der Waals surface area (Å²) >= 11 is 3.60. The van der Waals surface area contributed by atoms with Crippen LogP contribution in [0.2, 0.25) is 0 Å². The topological polar surface area (TPSA) is 28.2 Å². The number of nitriles is 1. The molecule has 0 bridgehead atoms. The van der Waals surface area contributed by atoms with Gasteiger partial charge in [-0.25, -0.2) is 0 Å². The summed E-state index contributed by atoms with van der Waals surface area (Å²) in [6.07, 6.45) is 2.85. The smallest absolute Gasteiger partial charge is 0.0868 e. The number of rotatable bonds is 2. The van der Waals surface area contributed by atoms with Crippen LogP contribution in [0.5, 0.6) is 0 Å². The second-order valence-corrected chi connectivity index (χ2v) is 4.66. The van der Waals surface area contributed by atoms with Gasteiger partial charge in [-0.15, -0.1) is 0 Å². The molecule has 0 spiro atoms. The number of hydrogen-bond donors (Lipinski definition) is 0. The van der Waals surface area contributed by atoms with Crippen LogP contribution in [-0.4, -0.2) is 4.40 Å². The third-order valence-electron chi connectivity index (χ3n) is 2.95. The van der Waals surface area contributed by atoms with Crippen molar-refractivity contribution in [2.24, 2.45) is 0 Å². The van der Waals surface area contributed by atoms with Gasteiger partial charge in [0.25, 0.3) is 0 Å². The van der Waals surface area contributed by atoms with Crippen LogP contribution < -0.4 is 0 Å². The molecule has 0 fully saturated rings. The van der Waals surface area contributed by atoms with E-state index in [1.54, 1.807) is 0 Å². The quantitative estimate of drug-likeness (QED) is 0.814. The van der Waals surface area contributed by atoms with E-state index in [0.717, 1.165) is 22.1 Å². The van der Waals surface area contributed by atoms with E-state index in [0.29, 0.717) is 0 Å². The van der Waals surface area contributed by atoms with E-state index in [2.05, 4.69) is 39.4 Å². The fourth-order valence-corrected chi connectivity index (χ4v) is 2.62. The molecular formula is C13H13BrN2. The molecule has 0 aliphatic heterocycles. The van der Waals surface area contributed by atoms with Crippen molar-refractivity contribution in [1.29, 1.82) is 5.26 Å². The molecule has 0 aromatic carbocycles. The monoisotopic (exact) mass is 276 g/mol. The highest BCUT2D eigenvalue weighted by atomic mass is 79.9. The first kappa shape index (κ1) is 11.2. The standard InChI is InChI=1S/C13H13BrN2/c1-3-10(8-15)13-9(2)12(14)11-6-4-5-7-16(11)13/h4-7,10H,3H2,1-2H3. The number of nitrogens with zero attached hydrogens (tertiary/aromatic N) is 2. The Morgan fingerprint density at radius 2 is 2.25 bits per heavy atom. The molecule has 0 aliphatic rings. The van der Waals surface area contributed by atoms with Crippen molar-refractivity contribution in [3.63, 3.8) is 0 Å². The second-order valence-electron chi connectivity index (χ2n) is 3.87. The zero-order chi connectivity index (χ0) is 11.7. The van der Waals surface area contributed by atoms with Gasteiger partial charge in [-0.05, 0) is 47.0 Å². The number of aromatic nitrogens is 1. The summed E-state index contributed by atoms with van der Waals surface area (Å²) < 4.78 is 3.20. The van der Waals surface area contributed by atoms with Gasteiger partial charge in [0.1, 0.15) is 0 Å². The fraction of sp³-hybridized carbons (Fsp3) is 0.308. The van der Waals surface area contributed by atoms with E-state index in [1.165, 1.54) is 5.56 Å². The van der Waals surface area contributed by atoms with E-state index in [1.807, 2.05) is 25.3 Å². The molecule has 1 atom stereocenters. The molecule has 2 aromatic rings. The zero-order valence-corrected chi connectivity index (χ0v) is 11.0. The van der Waals surface area contributed by atoms with Crippen molar-refractivity contribution in [3.05, 3.63) is 40.1 Å². The number of pyridine rings is 1. The Morgan fingerprint density at radius 3 is 2.88 bits per heavy atom. The molecule has 2 aromatic heterocycles. The molecule has 2 heterocycles. The zero-order valence-electron chi connectivity index (χ0n) is 9.37. The molecule has 0 amide bonds. The number of halogens is 1. The Kier molecular flexibility index (Phi) is 3.02. The largest absolute Gasteiger partial charge is 0.318 e. The van der Waals surface area contributed by atoms with Crippen molar-refractivity contribution in [1.82, 2.24) is 4.40 Å². The molecule has 2 rings (SSSR count). The van der Waals surface area contributed by atoms with Gasteiger partial charge in [-0.2, -0.15) is 5.26 Å². The van der Waals surface area contributed by atoms with Crippen LogP contribution >= 0.6 is 15.9 Å². The van der Waals surface area contributed by atoms with Crippen LogP contribution in [0.4, 0.5) is 0 Å². The third-order valence-corrected chi connectivity index (χ3v) is 3.95. The van der Waals surface area contributed by atoms with E-state index < -0.39 is 0 Å². The average molecular weight is 277 g/mol. The van der Waals surface area contributed by atoms with Gasteiger partial charge in [0, 0.05) is 16.4 Å². The van der Waals surface area contributed by atoms with E-state index >= 15 is 0 Å². The highest BCUT2D eigenvalue weighted by Crippen LogP contribution is 2.33. The van der Waals surface area contributed by atoms with Gasteiger partial charge in [-0.3, -0.25) is 0 Å². The maximum Gasteiger partial charge on any atom is 0.0868 e. The molecular weight excluding hydrogens is 264 g/mol. The molecule has 0 radical (unpaired) electrons. The molecule has 3 heteroatoms. The van der Waals surface area contributed by atoms with Gasteiger partial charge < -0.3 is 4.40 Å². The first-order valence-corrected chi connectivity index (χ1v) is 6.14. The van der Waals surface area contributed by atoms with E-state index in [4.69, 9.17) is 0 Å². The second kappa shape index (κ2) is 4.31. The van der Waals surface area contributed by atoms with Crippen LogP contribution in [0, 0.1) is 18.3 Å². The Labute approximate surface area is 104 Å². The minimum Gasteiger partial charge on any atom is -0.318 e. The molecule has 0 saturated carbocycles. The van der Waals surface area contributed by atoms with Gasteiger partial charge in [-0.1, -0.05) is 13.0 Å². The van der Waals surface area contributed by atoms with Gasteiger partial charge in [0.15, 0.2) is 0 Å². The van der Waals surface area contributed by atoms with E-state index in [-0.39, 0.29) is 5.92 Å². The first-order chi connectivity index (χ1) is 7.70. The van der Waals surface area contributed by atoms with Crippen LogP contribution in [0.1, 0.15) is 30.5 Å². The number of fused-ring (bicyclic) bond motifs is 1. The maximum absolute atomic E-state index is 9.19. The van der Waals surface area contributed by atoms with Gasteiger partial charge in [0.05, 0.1) is 17.5 Å². The Morgan fingerprint density at radius 1 is 1.50 bits per heavy atom. The predicted molar refractivity (Wildman–Crippen MR) is 68.5 cm³/mol. The molecule has 2 nitrogen and oxygen atoms in total. The highest BCUT2D eigenvalue weighted by Gasteiger charge is 2.19. The molecule has 82 valence electrons. The SMILES string of the molecule is CCC(C#N)c1c(C)c(Br)c2ccccn12. The van der Waals surface area contributed by atoms with Crippen molar-refractivity contribution in [2.45, 2.75) is 26.2 Å². The van der Waals surface area contributed by atoms with Crippen molar-refractivity contribution >= 4 is 21.4 Å². The Hall–Kier alpha value is -1.27. The Bertz CT molecular complexity index is 563. The lowest BCUT2D eigenvalue weighted by Gasteiger charge is -2.08. The Balaban J connectivity index is 2.79. The molecule has 0 N–H and O–H groups in total. The summed E-state index contributed by atoms with van der Waals surface area (Å²) in [6, 6.07) is 8.44. The fourth-order valence-electron chi connectivity index (χ4n) is 2.09. The van der Waals surface area contributed by atoms with Crippen LogP contribution in [0.3, 0.4) is 0 Å². The first-order valence-electron chi connectivity index (χ1n) is 5.35. The summed E-state index contributed by atoms with van der Waals surface area (Å²) in [6.45, 7) is 4.11. The minimum atomic E-state index is -0.0406. The summed E-state index contributed by atoms with van der Waals surface area (Å²) in [5, 5.41) is 9.19. The summed E-state index contributed by atoms with van der Waals surface area (Å²) in [5.41, 5.74) is 3.40. The van der Waals surface area contributed by atoms with E-state index in [9.17, 15) is 5.26 Å². The lowest BCUT2D eigenvalue weighted by Crippen LogP contribution is -2.00. The normalized spacial score (nSPS) is 12.6. The van der Waals surface area contributed by atoms with Crippen molar-refractivity contribution < 1.29 is 0 Å². The van der Waals surface area contributed by atoms with Crippen LogP contribution in [-0.2, 0) is 0 Å². The number of hydrogen-bond acceptors (Lipinski definition) is 1. The average Bonchev–Trinajstić information content (AvgIpc) is 2.57. The predicted octanol–water partition coefficient (Wildman–Crippen LogP) is 4.03. The van der Waals surface area contributed by atoms with Crippen LogP contribution in [0.25, 0.3) is 5.52 Å². The minimum absolute atomic E-state index is 0.0406. The maximum atomic E-state index is 9.19. The van der Waals surface area contributed by atoms with Crippen molar-refractivity contribution in [2.75, 3.05) is 0 Å². The van der Waals surface area contributed by atoms with Crippen LogP contribution in [0.15, 0.2) is 28.9 Å². The third kappa shape index (κ3) is 1.54. The molecule has 16 heavy (non-hydrogen) atoms. The van der Waals surface area contributed by atoms with Gasteiger partial charge in [0.2, 0.25) is 0 Å². The van der Waals surface area contributed by atoms with Crippen molar-refractivity contribution in [3.8, 4) is 6.07 Å². The highest BCUT2D eigenvalue weighted by molar-refractivity contribution is 9.10. The lowest BCUT2D eigenvalue weighted by molar-refractivity contribution is 0.771. The summed E-state index contributed by atoms with van der Waals surface area (Å²) in [4.78, 5) is 0. The molecule has 0 aliphatic carbocycles. The summed E-state index contributed by atoms with van der Waals surface area (Å²) in [5.74, 6) is -0.0406. The molecule has 1 unspecified atom stereocenters. The summed E-state index contributed by atoms with van der Waals surface area (Å²) in [7, 11) is 0. The molecule has 0 saturated heterocycles.